The van der Waals surface area contributed by atoms with Crippen LogP contribution in [-0.2, 0) is 7.05 Å². The lowest BCUT2D eigenvalue weighted by atomic mass is 10.1. The molecule has 8 heteroatoms. The lowest BCUT2D eigenvalue weighted by molar-refractivity contribution is 0.865. The molecule has 30 heavy (non-hydrogen) atoms. The van der Waals surface area contributed by atoms with Crippen LogP contribution in [0.2, 0.25) is 0 Å². The van der Waals surface area contributed by atoms with Gasteiger partial charge in [0.2, 0.25) is 0 Å². The van der Waals surface area contributed by atoms with Gasteiger partial charge in [-0.05, 0) is 36.6 Å². The Kier molecular flexibility index (Phi) is 3.63. The Balaban J connectivity index is 1.53. The Bertz CT molecular complexity index is 1520. The summed E-state index contributed by atoms with van der Waals surface area (Å²) in [5, 5.41) is 10.7. The topological polar surface area (TPSA) is 88.1 Å². The predicted molar refractivity (Wildman–Crippen MR) is 119 cm³/mol. The first kappa shape index (κ1) is 17.1. The maximum Gasteiger partial charge on any atom is 0.159 e. The third kappa shape index (κ3) is 2.50. The lowest BCUT2D eigenvalue weighted by Gasteiger charge is -2.04. The van der Waals surface area contributed by atoms with E-state index in [9.17, 15) is 0 Å². The predicted octanol–water partition coefficient (Wildman–Crippen LogP) is 4.94. The number of hydrogen-bond acceptors (Lipinski definition) is 5. The second-order valence-corrected chi connectivity index (χ2v) is 8.15. The van der Waals surface area contributed by atoms with Gasteiger partial charge in [-0.15, -0.1) is 11.3 Å². The van der Waals surface area contributed by atoms with Crippen molar-refractivity contribution in [1.29, 1.82) is 0 Å². The summed E-state index contributed by atoms with van der Waals surface area (Å²) in [7, 11) is 2.02. The summed E-state index contributed by atoms with van der Waals surface area (Å²) in [5.74, 6) is 1.70. The zero-order valence-electron chi connectivity index (χ0n) is 16.3. The summed E-state index contributed by atoms with van der Waals surface area (Å²) in [6.07, 6.45) is 3.71. The summed E-state index contributed by atoms with van der Waals surface area (Å²) >= 11 is 1.66. The molecular weight excluding hydrogens is 394 g/mol. The molecule has 0 saturated heterocycles. The minimum absolute atomic E-state index is 0.723. The lowest BCUT2D eigenvalue weighted by Crippen LogP contribution is -1.94. The van der Waals surface area contributed by atoms with Crippen LogP contribution in [0.5, 0.6) is 0 Å². The normalized spacial score (nSPS) is 11.7. The molecule has 0 bridgehead atoms. The van der Waals surface area contributed by atoms with Crippen LogP contribution >= 0.6 is 11.3 Å². The molecule has 0 radical (unpaired) electrons. The molecule has 0 amide bonds. The molecule has 0 aliphatic heterocycles. The van der Waals surface area contributed by atoms with Crippen molar-refractivity contribution in [2.45, 2.75) is 6.92 Å². The summed E-state index contributed by atoms with van der Waals surface area (Å²) in [5.41, 5.74) is 6.59. The number of hydrogen-bond donors (Lipinski definition) is 2. The van der Waals surface area contributed by atoms with Crippen molar-refractivity contribution in [3.05, 3.63) is 60.0 Å². The molecule has 1 aromatic carbocycles. The zero-order valence-corrected chi connectivity index (χ0v) is 17.2. The molecule has 6 aromatic rings. The van der Waals surface area contributed by atoms with Gasteiger partial charge in [0.15, 0.2) is 5.82 Å². The maximum absolute atomic E-state index is 4.87. The van der Waals surface area contributed by atoms with Crippen LogP contribution in [0.3, 0.4) is 0 Å². The van der Waals surface area contributed by atoms with Gasteiger partial charge < -0.3 is 9.55 Å². The van der Waals surface area contributed by atoms with E-state index < -0.39 is 0 Å². The average molecular weight is 411 g/mol. The summed E-state index contributed by atoms with van der Waals surface area (Å²) in [6, 6.07) is 12.3. The third-order valence-electron chi connectivity index (χ3n) is 5.46. The molecule has 2 N–H and O–H groups in total. The molecule has 5 heterocycles. The Labute approximate surface area is 175 Å². The smallest absolute Gasteiger partial charge is 0.159 e. The summed E-state index contributed by atoms with van der Waals surface area (Å²) in [4.78, 5) is 18.4. The molecule has 7 nitrogen and oxygen atoms in total. The first-order valence-corrected chi connectivity index (χ1v) is 10.4. The van der Waals surface area contributed by atoms with Crippen molar-refractivity contribution in [3.63, 3.8) is 0 Å². The maximum atomic E-state index is 4.87. The van der Waals surface area contributed by atoms with Gasteiger partial charge >= 0.3 is 0 Å². The van der Waals surface area contributed by atoms with Crippen LogP contribution in [0.15, 0.2) is 54.2 Å². The largest absolute Gasteiger partial charge is 0.336 e. The number of thiophene rings is 1. The first-order chi connectivity index (χ1) is 14.7. The molecule has 6 rings (SSSR count). The van der Waals surface area contributed by atoms with E-state index >= 15 is 0 Å². The van der Waals surface area contributed by atoms with Crippen molar-refractivity contribution in [1.82, 2.24) is 34.7 Å². The van der Waals surface area contributed by atoms with Crippen LogP contribution in [0.4, 0.5) is 0 Å². The number of aryl methyl sites for hydroxylation is 1. The van der Waals surface area contributed by atoms with Gasteiger partial charge in [-0.1, -0.05) is 12.1 Å². The number of nitrogens with zero attached hydrogens (tertiary/aromatic N) is 5. The number of nitrogens with one attached hydrogen (secondary N) is 2. The molecule has 0 atom stereocenters. The van der Waals surface area contributed by atoms with Crippen molar-refractivity contribution >= 4 is 33.3 Å². The average Bonchev–Trinajstić information content (AvgIpc) is 3.54. The van der Waals surface area contributed by atoms with E-state index in [0.717, 1.165) is 61.1 Å². The highest BCUT2D eigenvalue weighted by molar-refractivity contribution is 7.13. The quantitative estimate of drug-likeness (QED) is 0.432. The minimum Gasteiger partial charge on any atom is -0.336 e. The van der Waals surface area contributed by atoms with Crippen molar-refractivity contribution < 1.29 is 0 Å². The molecule has 0 saturated carbocycles. The fourth-order valence-corrected chi connectivity index (χ4v) is 4.49. The number of rotatable bonds is 3. The Morgan fingerprint density at radius 2 is 1.97 bits per heavy atom. The van der Waals surface area contributed by atoms with Gasteiger partial charge in [0.25, 0.3) is 0 Å². The summed E-state index contributed by atoms with van der Waals surface area (Å²) < 4.78 is 2.08. The highest BCUT2D eigenvalue weighted by atomic mass is 32.1. The highest BCUT2D eigenvalue weighted by Crippen LogP contribution is 2.33. The van der Waals surface area contributed by atoms with E-state index in [1.807, 2.05) is 49.9 Å². The monoisotopic (exact) mass is 411 g/mol. The van der Waals surface area contributed by atoms with Gasteiger partial charge in [-0.2, -0.15) is 5.10 Å². The number of pyridine rings is 1. The number of imidazole rings is 2. The molecule has 0 spiro atoms. The van der Waals surface area contributed by atoms with E-state index in [0.29, 0.717) is 0 Å². The third-order valence-corrected chi connectivity index (χ3v) is 6.34. The number of aromatic nitrogens is 7. The van der Waals surface area contributed by atoms with Gasteiger partial charge in [0.1, 0.15) is 22.7 Å². The molecule has 0 unspecified atom stereocenters. The summed E-state index contributed by atoms with van der Waals surface area (Å²) in [6.45, 7) is 2.00. The number of aromatic amines is 2. The standard InChI is InChI=1S/C22H17N7S/c1-12-24-11-17(29(12)2)13-5-6-15-14(10-13)19(28-27-15)22-25-16-7-8-23-21(20(16)26-22)18-4-3-9-30-18/h3-11H,1-2H3,(H,25,26)(H,27,28). The van der Waals surface area contributed by atoms with Crippen LogP contribution in [0, 0.1) is 6.92 Å². The molecule has 0 aliphatic rings. The second kappa shape index (κ2) is 6.36. The van der Waals surface area contributed by atoms with E-state index in [2.05, 4.69) is 47.9 Å². The number of fused-ring (bicyclic) bond motifs is 2. The Hall–Kier alpha value is -3.78. The SMILES string of the molecule is Cc1ncc(-c2ccc3[nH]nc(-c4nc5c(-c6cccs6)nccc5[nH]4)c3c2)n1C. The molecule has 5 aromatic heterocycles. The first-order valence-electron chi connectivity index (χ1n) is 9.55. The van der Waals surface area contributed by atoms with Crippen LogP contribution in [0.25, 0.3) is 55.3 Å². The molecular formula is C22H17N7S. The number of H-pyrrole nitrogens is 2. The van der Waals surface area contributed by atoms with E-state index in [1.165, 1.54) is 0 Å². The van der Waals surface area contributed by atoms with Crippen LogP contribution in [0.1, 0.15) is 5.82 Å². The van der Waals surface area contributed by atoms with Gasteiger partial charge in [0, 0.05) is 24.2 Å². The van der Waals surface area contributed by atoms with Crippen molar-refractivity contribution in [2.75, 3.05) is 0 Å². The molecule has 0 aliphatic carbocycles. The molecule has 0 fully saturated rings. The highest BCUT2D eigenvalue weighted by Gasteiger charge is 2.17. The second-order valence-electron chi connectivity index (χ2n) is 7.20. The fraction of sp³-hybridized carbons (Fsp3) is 0.0909. The van der Waals surface area contributed by atoms with Gasteiger partial charge in [-0.25, -0.2) is 9.97 Å². The molecule has 146 valence electrons. The van der Waals surface area contributed by atoms with Crippen molar-refractivity contribution in [3.8, 4) is 33.3 Å². The van der Waals surface area contributed by atoms with E-state index in [4.69, 9.17) is 4.98 Å². The van der Waals surface area contributed by atoms with Gasteiger partial charge in [0.05, 0.1) is 27.8 Å². The van der Waals surface area contributed by atoms with E-state index in [-0.39, 0.29) is 0 Å². The zero-order chi connectivity index (χ0) is 20.2. The Morgan fingerprint density at radius 3 is 2.77 bits per heavy atom. The van der Waals surface area contributed by atoms with E-state index in [1.54, 1.807) is 11.3 Å². The van der Waals surface area contributed by atoms with Crippen molar-refractivity contribution in [2.24, 2.45) is 7.05 Å². The minimum atomic E-state index is 0.723. The van der Waals surface area contributed by atoms with Crippen LogP contribution in [-0.4, -0.2) is 34.7 Å². The van der Waals surface area contributed by atoms with Crippen LogP contribution < -0.4 is 0 Å². The fourth-order valence-electron chi connectivity index (χ4n) is 3.77. The number of benzene rings is 1. The van der Waals surface area contributed by atoms with Gasteiger partial charge in [-0.3, -0.25) is 10.1 Å². The Morgan fingerprint density at radius 1 is 1.03 bits per heavy atom.